The average molecular weight is 243 g/mol. The lowest BCUT2D eigenvalue weighted by atomic mass is 9.97. The van der Waals surface area contributed by atoms with Crippen LogP contribution in [0.5, 0.6) is 0 Å². The summed E-state index contributed by atoms with van der Waals surface area (Å²) in [5.74, 6) is -0.419. The first-order valence-electron chi connectivity index (χ1n) is 6.68. The summed E-state index contributed by atoms with van der Waals surface area (Å²) in [6, 6.07) is 0.533. The molecule has 0 aliphatic heterocycles. The first-order valence-corrected chi connectivity index (χ1v) is 6.68. The zero-order valence-electron chi connectivity index (χ0n) is 11.8. The SMILES string of the molecule is CCCCN(CCC(C)(N)C(N)=O)C(C)CC. The number of amides is 1. The molecule has 4 heteroatoms. The molecule has 0 aromatic heterocycles. The monoisotopic (exact) mass is 243 g/mol. The molecule has 0 heterocycles. The molecule has 0 saturated heterocycles. The third-order valence-corrected chi connectivity index (χ3v) is 3.49. The Morgan fingerprint density at radius 1 is 1.35 bits per heavy atom. The highest BCUT2D eigenvalue weighted by Gasteiger charge is 2.26. The van der Waals surface area contributed by atoms with E-state index in [2.05, 4.69) is 25.7 Å². The van der Waals surface area contributed by atoms with E-state index in [-0.39, 0.29) is 0 Å². The smallest absolute Gasteiger partial charge is 0.237 e. The van der Waals surface area contributed by atoms with Crippen molar-refractivity contribution in [1.82, 2.24) is 4.90 Å². The van der Waals surface area contributed by atoms with Crippen LogP contribution in [0.4, 0.5) is 0 Å². The number of primary amides is 1. The number of carbonyl (C=O) groups excluding carboxylic acids is 1. The van der Waals surface area contributed by atoms with Crippen molar-refractivity contribution in [3.8, 4) is 0 Å². The van der Waals surface area contributed by atoms with Gasteiger partial charge in [0.15, 0.2) is 0 Å². The van der Waals surface area contributed by atoms with Gasteiger partial charge in [0.2, 0.25) is 5.91 Å². The van der Waals surface area contributed by atoms with Crippen LogP contribution in [-0.2, 0) is 4.79 Å². The fourth-order valence-electron chi connectivity index (χ4n) is 1.67. The number of hydrogen-bond acceptors (Lipinski definition) is 3. The molecule has 0 aromatic carbocycles. The summed E-state index contributed by atoms with van der Waals surface area (Å²) in [6.07, 6.45) is 4.10. The highest BCUT2D eigenvalue weighted by molar-refractivity contribution is 5.83. The van der Waals surface area contributed by atoms with Gasteiger partial charge in [0, 0.05) is 12.6 Å². The van der Waals surface area contributed by atoms with E-state index < -0.39 is 11.4 Å². The molecule has 0 bridgehead atoms. The molecule has 0 saturated carbocycles. The first kappa shape index (κ1) is 16.4. The Labute approximate surface area is 106 Å². The minimum Gasteiger partial charge on any atom is -0.368 e. The molecule has 0 aromatic rings. The number of unbranched alkanes of at least 4 members (excludes halogenated alkanes) is 1. The Morgan fingerprint density at radius 3 is 2.35 bits per heavy atom. The van der Waals surface area contributed by atoms with Gasteiger partial charge < -0.3 is 16.4 Å². The van der Waals surface area contributed by atoms with Crippen molar-refractivity contribution in [2.45, 2.75) is 65.0 Å². The van der Waals surface area contributed by atoms with Gasteiger partial charge in [0.25, 0.3) is 0 Å². The van der Waals surface area contributed by atoms with Crippen LogP contribution in [0, 0.1) is 0 Å². The van der Waals surface area contributed by atoms with E-state index in [0.29, 0.717) is 12.5 Å². The fraction of sp³-hybridized carbons (Fsp3) is 0.923. The summed E-state index contributed by atoms with van der Waals surface area (Å²) in [7, 11) is 0. The Bertz CT molecular complexity index is 229. The predicted molar refractivity (Wildman–Crippen MR) is 72.6 cm³/mol. The Kier molecular flexibility index (Phi) is 7.39. The predicted octanol–water partition coefficient (Wildman–Crippen LogP) is 1.48. The van der Waals surface area contributed by atoms with Crippen LogP contribution in [0.15, 0.2) is 0 Å². The van der Waals surface area contributed by atoms with Gasteiger partial charge in [-0.1, -0.05) is 20.3 Å². The van der Waals surface area contributed by atoms with Gasteiger partial charge in [-0.15, -0.1) is 0 Å². The third kappa shape index (κ3) is 6.03. The van der Waals surface area contributed by atoms with Crippen LogP contribution in [0.25, 0.3) is 0 Å². The molecule has 4 N–H and O–H groups in total. The Balaban J connectivity index is 4.29. The molecule has 0 aliphatic rings. The maximum absolute atomic E-state index is 11.2. The van der Waals surface area contributed by atoms with Crippen LogP contribution in [-0.4, -0.2) is 35.5 Å². The zero-order chi connectivity index (χ0) is 13.5. The van der Waals surface area contributed by atoms with Gasteiger partial charge in [-0.3, -0.25) is 4.79 Å². The molecule has 2 unspecified atom stereocenters. The van der Waals surface area contributed by atoms with E-state index >= 15 is 0 Å². The third-order valence-electron chi connectivity index (χ3n) is 3.49. The number of carbonyl (C=O) groups is 1. The van der Waals surface area contributed by atoms with Crippen LogP contribution < -0.4 is 11.5 Å². The minimum absolute atomic E-state index is 0.419. The Hall–Kier alpha value is -0.610. The molecule has 0 rings (SSSR count). The standard InChI is InChI=1S/C13H29N3O/c1-5-7-9-16(11(3)6-2)10-8-13(4,15)12(14)17/h11H,5-10,15H2,1-4H3,(H2,14,17). The summed E-state index contributed by atoms with van der Waals surface area (Å²) in [4.78, 5) is 13.6. The molecular weight excluding hydrogens is 214 g/mol. The van der Waals surface area contributed by atoms with E-state index in [1.54, 1.807) is 6.92 Å². The second kappa shape index (κ2) is 7.67. The van der Waals surface area contributed by atoms with Crippen molar-refractivity contribution >= 4 is 5.91 Å². The molecule has 2 atom stereocenters. The van der Waals surface area contributed by atoms with Crippen molar-refractivity contribution in [2.75, 3.05) is 13.1 Å². The average Bonchev–Trinajstić information content (AvgIpc) is 2.28. The Morgan fingerprint density at radius 2 is 1.94 bits per heavy atom. The van der Waals surface area contributed by atoms with E-state index in [0.717, 1.165) is 19.5 Å². The van der Waals surface area contributed by atoms with E-state index in [4.69, 9.17) is 11.5 Å². The first-order chi connectivity index (χ1) is 7.85. The van der Waals surface area contributed by atoms with Gasteiger partial charge >= 0.3 is 0 Å². The highest BCUT2D eigenvalue weighted by atomic mass is 16.1. The normalized spacial score (nSPS) is 16.8. The highest BCUT2D eigenvalue weighted by Crippen LogP contribution is 2.11. The van der Waals surface area contributed by atoms with Crippen molar-refractivity contribution in [3.05, 3.63) is 0 Å². The number of nitrogens with zero attached hydrogens (tertiary/aromatic N) is 1. The maximum atomic E-state index is 11.2. The van der Waals surface area contributed by atoms with Crippen LogP contribution in [0.3, 0.4) is 0 Å². The molecule has 17 heavy (non-hydrogen) atoms. The molecule has 0 fully saturated rings. The molecule has 4 nitrogen and oxygen atoms in total. The minimum atomic E-state index is -0.891. The lowest BCUT2D eigenvalue weighted by molar-refractivity contribution is -0.122. The van der Waals surface area contributed by atoms with Crippen LogP contribution >= 0.6 is 0 Å². The number of rotatable bonds is 9. The van der Waals surface area contributed by atoms with E-state index in [1.165, 1.54) is 12.8 Å². The van der Waals surface area contributed by atoms with Gasteiger partial charge in [0.1, 0.15) is 0 Å². The van der Waals surface area contributed by atoms with Crippen molar-refractivity contribution in [2.24, 2.45) is 11.5 Å². The van der Waals surface area contributed by atoms with E-state index in [9.17, 15) is 4.79 Å². The summed E-state index contributed by atoms with van der Waals surface area (Å²) in [5.41, 5.74) is 10.3. The quantitative estimate of drug-likeness (QED) is 0.644. The van der Waals surface area contributed by atoms with Crippen LogP contribution in [0.2, 0.25) is 0 Å². The number of nitrogens with two attached hydrogens (primary N) is 2. The van der Waals surface area contributed by atoms with Gasteiger partial charge in [-0.2, -0.15) is 0 Å². The summed E-state index contributed by atoms with van der Waals surface area (Å²) in [6.45, 7) is 10.2. The van der Waals surface area contributed by atoms with E-state index in [1.807, 2.05) is 0 Å². The fourth-order valence-corrected chi connectivity index (χ4v) is 1.67. The lowest BCUT2D eigenvalue weighted by Crippen LogP contribution is -2.51. The maximum Gasteiger partial charge on any atom is 0.237 e. The molecule has 1 amide bonds. The lowest BCUT2D eigenvalue weighted by Gasteiger charge is -2.31. The molecular formula is C13H29N3O. The van der Waals surface area contributed by atoms with Crippen LogP contribution in [0.1, 0.15) is 53.4 Å². The molecule has 0 radical (unpaired) electrons. The largest absolute Gasteiger partial charge is 0.368 e. The zero-order valence-corrected chi connectivity index (χ0v) is 11.8. The summed E-state index contributed by atoms with van der Waals surface area (Å²) in [5, 5.41) is 0. The van der Waals surface area contributed by atoms with Crippen molar-refractivity contribution < 1.29 is 4.79 Å². The van der Waals surface area contributed by atoms with Gasteiger partial charge in [0.05, 0.1) is 5.54 Å². The molecule has 102 valence electrons. The molecule has 0 spiro atoms. The number of hydrogen-bond donors (Lipinski definition) is 2. The van der Waals surface area contributed by atoms with Gasteiger partial charge in [-0.05, 0) is 39.7 Å². The summed E-state index contributed by atoms with van der Waals surface area (Å²) < 4.78 is 0. The topological polar surface area (TPSA) is 72.3 Å². The molecule has 0 aliphatic carbocycles. The van der Waals surface area contributed by atoms with Crippen molar-refractivity contribution in [1.29, 1.82) is 0 Å². The summed E-state index contributed by atoms with van der Waals surface area (Å²) >= 11 is 0. The van der Waals surface area contributed by atoms with Gasteiger partial charge in [-0.25, -0.2) is 0 Å². The second-order valence-corrected chi connectivity index (χ2v) is 5.18. The van der Waals surface area contributed by atoms with Crippen molar-refractivity contribution in [3.63, 3.8) is 0 Å². The second-order valence-electron chi connectivity index (χ2n) is 5.18.